The van der Waals surface area contributed by atoms with Gasteiger partial charge in [0.25, 0.3) is 5.91 Å². The zero-order valence-electron chi connectivity index (χ0n) is 23.2. The summed E-state index contributed by atoms with van der Waals surface area (Å²) in [5, 5.41) is 0. The van der Waals surface area contributed by atoms with Crippen molar-refractivity contribution in [3.63, 3.8) is 0 Å². The lowest BCUT2D eigenvalue weighted by Crippen LogP contribution is -2.40. The van der Waals surface area contributed by atoms with Crippen LogP contribution in [0, 0.1) is 11.7 Å². The number of nitrogens with zero attached hydrogens (tertiary/aromatic N) is 2. The van der Waals surface area contributed by atoms with Crippen LogP contribution in [0.25, 0.3) is 0 Å². The molecule has 1 atom stereocenters. The minimum absolute atomic E-state index is 0.00721. The van der Waals surface area contributed by atoms with Gasteiger partial charge in [-0.05, 0) is 69.0 Å². The normalized spacial score (nSPS) is 18.1. The average molecular weight is 551 g/mol. The molecule has 0 saturated carbocycles. The second-order valence-corrected chi connectivity index (χ2v) is 10.0. The molecule has 4 rings (SSSR count). The molecule has 0 bridgehead atoms. The molecule has 2 aromatic rings. The van der Waals surface area contributed by atoms with Crippen molar-refractivity contribution in [2.75, 3.05) is 26.3 Å². The number of amides is 2. The summed E-state index contributed by atoms with van der Waals surface area (Å²) >= 11 is 0. The molecule has 9 heteroatoms. The van der Waals surface area contributed by atoms with Crippen LogP contribution in [-0.4, -0.2) is 59.9 Å². The zero-order chi connectivity index (χ0) is 28.8. The van der Waals surface area contributed by atoms with Gasteiger partial charge < -0.3 is 19.3 Å². The first-order valence-electron chi connectivity index (χ1n) is 13.7. The van der Waals surface area contributed by atoms with Crippen molar-refractivity contribution in [2.24, 2.45) is 5.92 Å². The first-order valence-corrected chi connectivity index (χ1v) is 13.7. The summed E-state index contributed by atoms with van der Waals surface area (Å²) < 4.78 is 24.4. The van der Waals surface area contributed by atoms with Gasteiger partial charge in [-0.1, -0.05) is 24.3 Å². The number of allylic oxidation sites excluding steroid dienone is 1. The van der Waals surface area contributed by atoms with Crippen molar-refractivity contribution in [3.05, 3.63) is 82.3 Å². The molecular formula is C31H35FN2O6. The maximum atomic E-state index is 14.0. The van der Waals surface area contributed by atoms with E-state index >= 15 is 0 Å². The highest BCUT2D eigenvalue weighted by molar-refractivity contribution is 5.96. The van der Waals surface area contributed by atoms with E-state index in [9.17, 15) is 23.6 Å². The molecule has 8 nitrogen and oxygen atoms in total. The molecule has 0 spiro atoms. The van der Waals surface area contributed by atoms with E-state index in [4.69, 9.17) is 9.47 Å². The Hall–Kier alpha value is -4.01. The van der Waals surface area contributed by atoms with Gasteiger partial charge in [-0.25, -0.2) is 9.18 Å². The summed E-state index contributed by atoms with van der Waals surface area (Å²) in [4.78, 5) is 54.5. The van der Waals surface area contributed by atoms with Gasteiger partial charge in [0.05, 0.1) is 31.2 Å². The van der Waals surface area contributed by atoms with E-state index in [1.807, 2.05) is 0 Å². The van der Waals surface area contributed by atoms with E-state index in [0.29, 0.717) is 54.9 Å². The SMILES string of the molecule is CCOC(=O)C1=C(C)N(Cc2ccc(C(=O)N3CCC(C(=O)OCC)CC3)cc2)C(=O)CC1c1cccc(F)c1. The summed E-state index contributed by atoms with van der Waals surface area (Å²) in [7, 11) is 0. The van der Waals surface area contributed by atoms with E-state index in [2.05, 4.69) is 0 Å². The molecule has 40 heavy (non-hydrogen) atoms. The maximum absolute atomic E-state index is 14.0. The zero-order valence-corrected chi connectivity index (χ0v) is 23.2. The highest BCUT2D eigenvalue weighted by Crippen LogP contribution is 2.38. The van der Waals surface area contributed by atoms with Crippen molar-refractivity contribution in [1.82, 2.24) is 9.80 Å². The number of benzene rings is 2. The van der Waals surface area contributed by atoms with Crippen LogP contribution in [-0.2, 0) is 30.4 Å². The number of carbonyl (C=O) groups is 4. The molecular weight excluding hydrogens is 515 g/mol. The van der Waals surface area contributed by atoms with Crippen molar-refractivity contribution >= 4 is 23.8 Å². The number of ether oxygens (including phenoxy) is 2. The monoisotopic (exact) mass is 550 g/mol. The van der Waals surface area contributed by atoms with Crippen LogP contribution in [0.4, 0.5) is 4.39 Å². The standard InChI is InChI=1S/C31H35FN2O6/c1-4-39-30(37)23-13-15-33(16-14-23)29(36)22-11-9-21(10-12-22)19-34-20(3)28(31(38)40-5-2)26(18-27(34)35)24-7-6-8-25(32)17-24/h6-12,17,23,26H,4-5,13-16,18-19H2,1-3H3. The Balaban J connectivity index is 1.48. The van der Waals surface area contributed by atoms with Gasteiger partial charge in [-0.3, -0.25) is 14.4 Å². The summed E-state index contributed by atoms with van der Waals surface area (Å²) in [5.41, 5.74) is 2.66. The predicted molar refractivity (Wildman–Crippen MR) is 145 cm³/mol. The smallest absolute Gasteiger partial charge is 0.336 e. The summed E-state index contributed by atoms with van der Waals surface area (Å²) in [6.45, 7) is 6.90. The second kappa shape index (κ2) is 12.9. The molecule has 0 N–H and O–H groups in total. The quantitative estimate of drug-likeness (QED) is 0.447. The van der Waals surface area contributed by atoms with Crippen LogP contribution in [0.2, 0.25) is 0 Å². The summed E-state index contributed by atoms with van der Waals surface area (Å²) in [5.74, 6) is -2.25. The Kier molecular flexibility index (Phi) is 9.34. The lowest BCUT2D eigenvalue weighted by molar-refractivity contribution is -0.149. The minimum atomic E-state index is -0.605. The number of hydrogen-bond acceptors (Lipinski definition) is 6. The Bertz CT molecular complexity index is 1300. The Morgan fingerprint density at radius 3 is 2.27 bits per heavy atom. The molecule has 0 aromatic heterocycles. The number of carbonyl (C=O) groups excluding carboxylic acids is 4. The van der Waals surface area contributed by atoms with E-state index in [-0.39, 0.29) is 43.3 Å². The van der Waals surface area contributed by atoms with Crippen molar-refractivity contribution in [3.8, 4) is 0 Å². The fourth-order valence-corrected chi connectivity index (χ4v) is 5.38. The summed E-state index contributed by atoms with van der Waals surface area (Å²) in [6.07, 6.45) is 1.16. The molecule has 2 heterocycles. The van der Waals surface area contributed by atoms with Gasteiger partial charge in [0.2, 0.25) is 5.91 Å². The average Bonchev–Trinajstić information content (AvgIpc) is 2.95. The third-order valence-electron chi connectivity index (χ3n) is 7.51. The van der Waals surface area contributed by atoms with Crippen molar-refractivity contribution in [1.29, 1.82) is 0 Å². The lowest BCUT2D eigenvalue weighted by atomic mass is 9.83. The summed E-state index contributed by atoms with van der Waals surface area (Å²) in [6, 6.07) is 13.0. The first kappa shape index (κ1) is 29.0. The van der Waals surface area contributed by atoms with Crippen LogP contribution < -0.4 is 0 Å². The molecule has 1 saturated heterocycles. The molecule has 2 aromatic carbocycles. The molecule has 2 amide bonds. The molecule has 1 unspecified atom stereocenters. The topological polar surface area (TPSA) is 93.2 Å². The molecule has 212 valence electrons. The molecule has 1 fully saturated rings. The van der Waals surface area contributed by atoms with E-state index in [0.717, 1.165) is 5.56 Å². The Morgan fingerprint density at radius 2 is 1.65 bits per heavy atom. The number of piperidine rings is 1. The van der Waals surface area contributed by atoms with E-state index in [1.54, 1.807) is 67.0 Å². The fourth-order valence-electron chi connectivity index (χ4n) is 5.38. The first-order chi connectivity index (χ1) is 19.2. The maximum Gasteiger partial charge on any atom is 0.336 e. The van der Waals surface area contributed by atoms with E-state index in [1.165, 1.54) is 12.1 Å². The molecule has 2 aliphatic heterocycles. The van der Waals surface area contributed by atoms with E-state index < -0.39 is 17.7 Å². The van der Waals surface area contributed by atoms with Crippen LogP contribution in [0.1, 0.15) is 67.4 Å². The number of esters is 2. The molecule has 2 aliphatic rings. The van der Waals surface area contributed by atoms with Gasteiger partial charge in [-0.2, -0.15) is 0 Å². The van der Waals surface area contributed by atoms with Crippen molar-refractivity contribution in [2.45, 2.75) is 52.5 Å². The number of hydrogen-bond donors (Lipinski definition) is 0. The second-order valence-electron chi connectivity index (χ2n) is 10.0. The van der Waals surface area contributed by atoms with Gasteiger partial charge in [-0.15, -0.1) is 0 Å². The largest absolute Gasteiger partial charge is 0.466 e. The fraction of sp³-hybridized carbons (Fsp3) is 0.419. The highest BCUT2D eigenvalue weighted by atomic mass is 19.1. The van der Waals surface area contributed by atoms with Gasteiger partial charge in [0, 0.05) is 36.7 Å². The van der Waals surface area contributed by atoms with Gasteiger partial charge in [0.15, 0.2) is 0 Å². The Labute approximate surface area is 233 Å². The van der Waals surface area contributed by atoms with Crippen LogP contribution in [0.15, 0.2) is 59.8 Å². The molecule has 0 aliphatic carbocycles. The number of halogens is 1. The number of rotatable bonds is 8. The predicted octanol–water partition coefficient (Wildman–Crippen LogP) is 4.59. The lowest BCUT2D eigenvalue weighted by Gasteiger charge is -2.34. The highest BCUT2D eigenvalue weighted by Gasteiger charge is 2.37. The number of likely N-dealkylation sites (tertiary alicyclic amines) is 1. The minimum Gasteiger partial charge on any atom is -0.466 e. The van der Waals surface area contributed by atoms with Crippen LogP contribution in [0.3, 0.4) is 0 Å². The Morgan fingerprint density at radius 1 is 0.975 bits per heavy atom. The van der Waals surface area contributed by atoms with Gasteiger partial charge >= 0.3 is 11.9 Å². The van der Waals surface area contributed by atoms with Gasteiger partial charge in [0.1, 0.15) is 5.82 Å². The molecule has 0 radical (unpaired) electrons. The van der Waals surface area contributed by atoms with Crippen molar-refractivity contribution < 1.29 is 33.0 Å². The third kappa shape index (κ3) is 6.41. The third-order valence-corrected chi connectivity index (χ3v) is 7.51. The van der Waals surface area contributed by atoms with Crippen LogP contribution in [0.5, 0.6) is 0 Å². The van der Waals surface area contributed by atoms with Crippen LogP contribution >= 0.6 is 0 Å².